The van der Waals surface area contributed by atoms with Crippen LogP contribution in [0.4, 0.5) is 0 Å². The lowest BCUT2D eigenvalue weighted by Gasteiger charge is -2.09. The number of carbonyl (C=O) groups is 1. The topological polar surface area (TPSA) is 47.6 Å². The summed E-state index contributed by atoms with van der Waals surface area (Å²) in [6, 6.07) is 0. The predicted molar refractivity (Wildman–Crippen MR) is 43.9 cm³/mol. The van der Waals surface area contributed by atoms with Gasteiger partial charge >= 0.3 is 5.97 Å². The molecule has 0 aromatic carbocycles. The molecule has 0 amide bonds. The van der Waals surface area contributed by atoms with Crippen molar-refractivity contribution in [2.45, 2.75) is 18.9 Å². The van der Waals surface area contributed by atoms with Crippen molar-refractivity contribution in [3.8, 4) is 0 Å². The van der Waals surface area contributed by atoms with Crippen LogP contribution in [0.1, 0.15) is 12.8 Å². The zero-order chi connectivity index (χ0) is 8.81. The Morgan fingerprint density at radius 2 is 2.58 bits per heavy atom. The summed E-state index contributed by atoms with van der Waals surface area (Å²) in [6.45, 7) is 1.87. The molecule has 1 aliphatic heterocycles. The van der Waals surface area contributed by atoms with E-state index in [1.54, 1.807) is 0 Å². The van der Waals surface area contributed by atoms with E-state index in [4.69, 9.17) is 4.74 Å². The zero-order valence-electron chi connectivity index (χ0n) is 7.34. The van der Waals surface area contributed by atoms with E-state index in [1.165, 1.54) is 7.11 Å². The van der Waals surface area contributed by atoms with Gasteiger partial charge in [-0.3, -0.25) is 4.79 Å². The molecular weight excluding hydrogens is 158 g/mol. The van der Waals surface area contributed by atoms with Gasteiger partial charge in [-0.2, -0.15) is 0 Å². The van der Waals surface area contributed by atoms with Crippen molar-refractivity contribution >= 4 is 5.97 Å². The van der Waals surface area contributed by atoms with Crippen molar-refractivity contribution in [3.05, 3.63) is 0 Å². The summed E-state index contributed by atoms with van der Waals surface area (Å²) in [7, 11) is 1.39. The molecule has 0 radical (unpaired) electrons. The fraction of sp³-hybridized carbons (Fsp3) is 0.875. The maximum atomic E-state index is 10.7. The highest BCUT2D eigenvalue weighted by Crippen LogP contribution is 2.10. The molecule has 1 N–H and O–H groups in total. The zero-order valence-corrected chi connectivity index (χ0v) is 7.34. The minimum absolute atomic E-state index is 0.229. The Labute approximate surface area is 72.2 Å². The van der Waals surface area contributed by atoms with Gasteiger partial charge in [0.2, 0.25) is 0 Å². The number of ether oxygens (including phenoxy) is 2. The number of esters is 1. The first-order chi connectivity index (χ1) is 5.83. The second kappa shape index (κ2) is 5.11. The lowest BCUT2D eigenvalue weighted by atomic mass is 10.2. The Bertz CT molecular complexity index is 143. The van der Waals surface area contributed by atoms with Gasteiger partial charge < -0.3 is 14.8 Å². The molecule has 1 aliphatic rings. The molecule has 1 fully saturated rings. The quantitative estimate of drug-likeness (QED) is 0.604. The van der Waals surface area contributed by atoms with Crippen molar-refractivity contribution in [2.24, 2.45) is 0 Å². The van der Waals surface area contributed by atoms with Crippen LogP contribution in [0.2, 0.25) is 0 Å². The Kier molecular flexibility index (Phi) is 4.04. The fourth-order valence-electron chi connectivity index (χ4n) is 1.21. The molecule has 1 saturated heterocycles. The third kappa shape index (κ3) is 3.19. The van der Waals surface area contributed by atoms with Gasteiger partial charge in [0.15, 0.2) is 0 Å². The largest absolute Gasteiger partial charge is 0.468 e. The Morgan fingerprint density at radius 3 is 3.17 bits per heavy atom. The molecule has 70 valence electrons. The predicted octanol–water partition coefficient (Wildman–Crippen LogP) is -0.0720. The highest BCUT2D eigenvalue weighted by Gasteiger charge is 2.14. The maximum Gasteiger partial charge on any atom is 0.319 e. The first kappa shape index (κ1) is 9.48. The van der Waals surface area contributed by atoms with E-state index in [0.29, 0.717) is 0 Å². The highest BCUT2D eigenvalue weighted by molar-refractivity contribution is 5.71. The highest BCUT2D eigenvalue weighted by atomic mass is 16.5. The monoisotopic (exact) mass is 173 g/mol. The van der Waals surface area contributed by atoms with Crippen molar-refractivity contribution < 1.29 is 14.3 Å². The summed E-state index contributed by atoms with van der Waals surface area (Å²) >= 11 is 0. The number of nitrogens with one attached hydrogen (secondary N) is 1. The molecule has 0 aliphatic carbocycles. The third-order valence-corrected chi connectivity index (χ3v) is 1.89. The summed E-state index contributed by atoms with van der Waals surface area (Å²) in [5.74, 6) is -0.229. The van der Waals surface area contributed by atoms with Gasteiger partial charge in [-0.1, -0.05) is 0 Å². The van der Waals surface area contributed by atoms with Crippen LogP contribution in [0.15, 0.2) is 0 Å². The second-order valence-electron chi connectivity index (χ2n) is 2.84. The van der Waals surface area contributed by atoms with Crippen molar-refractivity contribution in [3.63, 3.8) is 0 Å². The van der Waals surface area contributed by atoms with Crippen molar-refractivity contribution in [2.75, 3.05) is 26.8 Å². The second-order valence-corrected chi connectivity index (χ2v) is 2.84. The van der Waals surface area contributed by atoms with Gasteiger partial charge in [0.25, 0.3) is 0 Å². The van der Waals surface area contributed by atoms with E-state index < -0.39 is 0 Å². The Hall–Kier alpha value is -0.610. The van der Waals surface area contributed by atoms with Crippen LogP contribution >= 0.6 is 0 Å². The molecule has 0 saturated carbocycles. The van der Waals surface area contributed by atoms with Gasteiger partial charge in [-0.25, -0.2) is 0 Å². The average Bonchev–Trinajstić information content (AvgIpc) is 2.57. The molecule has 4 heteroatoms. The van der Waals surface area contributed by atoms with Crippen LogP contribution < -0.4 is 5.32 Å². The molecule has 1 atom stereocenters. The van der Waals surface area contributed by atoms with E-state index in [-0.39, 0.29) is 18.6 Å². The van der Waals surface area contributed by atoms with Gasteiger partial charge in [-0.15, -0.1) is 0 Å². The summed E-state index contributed by atoms with van der Waals surface area (Å²) in [5.41, 5.74) is 0. The summed E-state index contributed by atoms with van der Waals surface area (Å²) in [6.07, 6.45) is 2.51. The number of hydrogen-bond acceptors (Lipinski definition) is 4. The van der Waals surface area contributed by atoms with Crippen LogP contribution in [0.25, 0.3) is 0 Å². The summed E-state index contributed by atoms with van der Waals surface area (Å²) in [5, 5.41) is 2.98. The molecular formula is C8H15NO3. The van der Waals surface area contributed by atoms with Crippen LogP contribution in [0.5, 0.6) is 0 Å². The summed E-state index contributed by atoms with van der Waals surface area (Å²) < 4.78 is 9.83. The molecule has 0 bridgehead atoms. The van der Waals surface area contributed by atoms with Crippen molar-refractivity contribution in [1.29, 1.82) is 0 Å². The van der Waals surface area contributed by atoms with Gasteiger partial charge in [0, 0.05) is 13.2 Å². The maximum absolute atomic E-state index is 10.7. The lowest BCUT2D eigenvalue weighted by Crippen LogP contribution is -2.31. The average molecular weight is 173 g/mol. The minimum atomic E-state index is -0.229. The lowest BCUT2D eigenvalue weighted by molar-refractivity contribution is -0.139. The third-order valence-electron chi connectivity index (χ3n) is 1.89. The molecule has 4 nitrogen and oxygen atoms in total. The molecule has 0 aromatic heterocycles. The van der Waals surface area contributed by atoms with Crippen LogP contribution in [0, 0.1) is 0 Å². The van der Waals surface area contributed by atoms with E-state index >= 15 is 0 Å². The smallest absolute Gasteiger partial charge is 0.319 e. The molecule has 0 aromatic rings. The number of carbonyl (C=O) groups excluding carboxylic acids is 1. The van der Waals surface area contributed by atoms with E-state index in [2.05, 4.69) is 10.1 Å². The van der Waals surface area contributed by atoms with Crippen LogP contribution in [-0.2, 0) is 14.3 Å². The number of rotatable bonds is 4. The standard InChI is InChI=1S/C8H15NO3/c1-11-8(10)6-9-5-7-3-2-4-12-7/h7,9H,2-6H2,1H3/t7-/m1/s1. The van der Waals surface area contributed by atoms with Gasteiger partial charge in [-0.05, 0) is 12.8 Å². The molecule has 12 heavy (non-hydrogen) atoms. The van der Waals surface area contributed by atoms with E-state index in [9.17, 15) is 4.79 Å². The van der Waals surface area contributed by atoms with E-state index in [1.807, 2.05) is 0 Å². The number of methoxy groups -OCH3 is 1. The molecule has 1 heterocycles. The van der Waals surface area contributed by atoms with Crippen molar-refractivity contribution in [1.82, 2.24) is 5.32 Å². The SMILES string of the molecule is COC(=O)CNC[C@H]1CCCO1. The van der Waals surface area contributed by atoms with Gasteiger partial charge in [0.05, 0.1) is 19.8 Å². The van der Waals surface area contributed by atoms with Gasteiger partial charge in [0.1, 0.15) is 0 Å². The first-order valence-electron chi connectivity index (χ1n) is 4.22. The minimum Gasteiger partial charge on any atom is -0.468 e. The van der Waals surface area contributed by atoms with E-state index in [0.717, 1.165) is 26.0 Å². The normalized spacial score (nSPS) is 22.6. The first-order valence-corrected chi connectivity index (χ1v) is 4.22. The molecule has 1 rings (SSSR count). The molecule has 0 unspecified atom stereocenters. The summed E-state index contributed by atoms with van der Waals surface area (Å²) in [4.78, 5) is 10.7. The Morgan fingerprint density at radius 1 is 1.75 bits per heavy atom. The Balaban J connectivity index is 1.97. The molecule has 0 spiro atoms. The number of hydrogen-bond donors (Lipinski definition) is 1. The van der Waals surface area contributed by atoms with Crippen LogP contribution in [-0.4, -0.2) is 38.9 Å². The fourth-order valence-corrected chi connectivity index (χ4v) is 1.21. The van der Waals surface area contributed by atoms with Crippen LogP contribution in [0.3, 0.4) is 0 Å².